The molecule has 6 nitrogen and oxygen atoms in total. The average Bonchev–Trinajstić information content (AvgIpc) is 3.34. The summed E-state index contributed by atoms with van der Waals surface area (Å²) < 4.78 is 7.34. The van der Waals surface area contributed by atoms with Gasteiger partial charge in [-0.1, -0.05) is 18.2 Å². The van der Waals surface area contributed by atoms with Crippen molar-refractivity contribution in [2.24, 2.45) is 0 Å². The third-order valence-electron chi connectivity index (χ3n) is 4.04. The van der Waals surface area contributed by atoms with Gasteiger partial charge in [-0.25, -0.2) is 4.68 Å². The summed E-state index contributed by atoms with van der Waals surface area (Å²) in [6, 6.07) is 17.5. The number of H-pyrrole nitrogens is 1. The number of benzene rings is 2. The Hall–Kier alpha value is -3.54. The minimum absolute atomic E-state index is 0.0250. The van der Waals surface area contributed by atoms with Gasteiger partial charge in [-0.05, 0) is 36.4 Å². The van der Waals surface area contributed by atoms with Crippen molar-refractivity contribution < 1.29 is 9.53 Å². The molecule has 0 saturated heterocycles. The van der Waals surface area contributed by atoms with Gasteiger partial charge in [-0.3, -0.25) is 4.79 Å². The van der Waals surface area contributed by atoms with E-state index < -0.39 is 0 Å². The number of carbonyl (C=O) groups excluding carboxylic acids is 1. The Bertz CT molecular complexity index is 1020. The van der Waals surface area contributed by atoms with Crippen molar-refractivity contribution >= 4 is 16.8 Å². The Morgan fingerprint density at radius 2 is 2.04 bits per heavy atom. The number of amides is 1. The first kappa shape index (κ1) is 16.0. The lowest BCUT2D eigenvalue weighted by Crippen LogP contribution is -2.28. The lowest BCUT2D eigenvalue weighted by Gasteiger charge is -2.07. The number of carbonyl (C=O) groups is 1. The molecule has 0 aliphatic heterocycles. The summed E-state index contributed by atoms with van der Waals surface area (Å²) in [5.74, 6) is 0.496. The third kappa shape index (κ3) is 3.59. The van der Waals surface area contributed by atoms with E-state index in [1.165, 1.54) is 0 Å². The number of hydrogen-bond acceptors (Lipinski definition) is 3. The van der Waals surface area contributed by atoms with E-state index in [0.29, 0.717) is 12.3 Å². The summed E-state index contributed by atoms with van der Waals surface area (Å²) in [7, 11) is 0. The van der Waals surface area contributed by atoms with Crippen LogP contribution in [0.15, 0.2) is 73.2 Å². The Balaban J connectivity index is 1.29. The van der Waals surface area contributed by atoms with E-state index >= 15 is 0 Å². The Morgan fingerprint density at radius 3 is 2.92 bits per heavy atom. The van der Waals surface area contributed by atoms with Crippen molar-refractivity contribution in [1.29, 1.82) is 0 Å². The second-order valence-corrected chi connectivity index (χ2v) is 5.92. The minimum Gasteiger partial charge on any atom is -0.484 e. The summed E-state index contributed by atoms with van der Waals surface area (Å²) in [6.45, 7) is 0.384. The summed E-state index contributed by atoms with van der Waals surface area (Å²) in [5.41, 5.74) is 2.95. The second-order valence-electron chi connectivity index (χ2n) is 5.92. The van der Waals surface area contributed by atoms with Crippen molar-refractivity contribution in [2.45, 2.75) is 6.54 Å². The number of aromatic amines is 1. The van der Waals surface area contributed by atoms with Crippen LogP contribution in [0.4, 0.5) is 0 Å². The molecule has 0 unspecified atom stereocenters. The van der Waals surface area contributed by atoms with Gasteiger partial charge in [-0.2, -0.15) is 5.10 Å². The monoisotopic (exact) mass is 346 g/mol. The highest BCUT2D eigenvalue weighted by Gasteiger charge is 2.06. The number of fused-ring (bicyclic) bond motifs is 1. The molecule has 4 rings (SSSR count). The molecular weight excluding hydrogens is 328 g/mol. The highest BCUT2D eigenvalue weighted by Crippen LogP contribution is 2.19. The topological polar surface area (TPSA) is 71.9 Å². The first-order valence-electron chi connectivity index (χ1n) is 8.33. The van der Waals surface area contributed by atoms with E-state index in [0.717, 1.165) is 22.2 Å². The van der Waals surface area contributed by atoms with E-state index in [-0.39, 0.29) is 12.5 Å². The number of para-hydroxylation sites is 1. The second kappa shape index (κ2) is 7.14. The normalized spacial score (nSPS) is 10.8. The molecule has 0 fully saturated rings. The van der Waals surface area contributed by atoms with Crippen molar-refractivity contribution in [3.63, 3.8) is 0 Å². The molecule has 6 heteroatoms. The predicted octanol–water partition coefficient (Wildman–Crippen LogP) is 3.05. The molecule has 2 heterocycles. The van der Waals surface area contributed by atoms with Crippen molar-refractivity contribution in [1.82, 2.24) is 20.1 Å². The Morgan fingerprint density at radius 1 is 1.15 bits per heavy atom. The smallest absolute Gasteiger partial charge is 0.258 e. The first-order valence-corrected chi connectivity index (χ1v) is 8.33. The number of rotatable bonds is 6. The predicted molar refractivity (Wildman–Crippen MR) is 99.2 cm³/mol. The van der Waals surface area contributed by atoms with Crippen LogP contribution in [0.2, 0.25) is 0 Å². The van der Waals surface area contributed by atoms with Gasteiger partial charge in [0.05, 0.1) is 11.9 Å². The Kier molecular flexibility index (Phi) is 4.38. The van der Waals surface area contributed by atoms with E-state index in [4.69, 9.17) is 4.74 Å². The molecule has 0 aliphatic rings. The third-order valence-corrected chi connectivity index (χ3v) is 4.04. The van der Waals surface area contributed by atoms with E-state index in [9.17, 15) is 4.79 Å². The molecule has 130 valence electrons. The molecule has 2 N–H and O–H groups in total. The van der Waals surface area contributed by atoms with Crippen LogP contribution in [-0.2, 0) is 11.3 Å². The van der Waals surface area contributed by atoms with Gasteiger partial charge in [0.1, 0.15) is 5.75 Å². The molecule has 1 amide bonds. The van der Waals surface area contributed by atoms with Crippen molar-refractivity contribution in [3.8, 4) is 11.4 Å². The van der Waals surface area contributed by atoms with Crippen LogP contribution >= 0.6 is 0 Å². The van der Waals surface area contributed by atoms with Crippen molar-refractivity contribution in [3.05, 3.63) is 78.8 Å². The number of nitrogens with one attached hydrogen (secondary N) is 2. The van der Waals surface area contributed by atoms with Gasteiger partial charge in [0.2, 0.25) is 0 Å². The highest BCUT2D eigenvalue weighted by molar-refractivity contribution is 5.81. The fourth-order valence-electron chi connectivity index (χ4n) is 2.70. The lowest BCUT2D eigenvalue weighted by molar-refractivity contribution is -0.123. The van der Waals surface area contributed by atoms with Gasteiger partial charge < -0.3 is 15.0 Å². The zero-order chi connectivity index (χ0) is 17.8. The van der Waals surface area contributed by atoms with Gasteiger partial charge in [-0.15, -0.1) is 0 Å². The van der Waals surface area contributed by atoms with Gasteiger partial charge in [0.15, 0.2) is 6.61 Å². The van der Waals surface area contributed by atoms with Crippen molar-refractivity contribution in [2.75, 3.05) is 6.61 Å². The number of ether oxygens (including phenoxy) is 1. The highest BCUT2D eigenvalue weighted by atomic mass is 16.5. The molecule has 0 atom stereocenters. The molecular formula is C20H18N4O2. The van der Waals surface area contributed by atoms with E-state index in [2.05, 4.69) is 15.4 Å². The molecule has 0 aliphatic carbocycles. The van der Waals surface area contributed by atoms with Crippen LogP contribution < -0.4 is 10.1 Å². The molecule has 0 saturated carbocycles. The summed E-state index contributed by atoms with van der Waals surface area (Å²) in [6.07, 6.45) is 5.51. The summed E-state index contributed by atoms with van der Waals surface area (Å²) in [5, 5.41) is 8.21. The zero-order valence-corrected chi connectivity index (χ0v) is 14.1. The fourth-order valence-corrected chi connectivity index (χ4v) is 2.70. The number of nitrogens with zero attached hydrogens (tertiary/aromatic N) is 2. The average molecular weight is 346 g/mol. The van der Waals surface area contributed by atoms with Crippen LogP contribution in [0.5, 0.6) is 5.75 Å². The zero-order valence-electron chi connectivity index (χ0n) is 14.1. The van der Waals surface area contributed by atoms with Crippen LogP contribution in [0, 0.1) is 0 Å². The van der Waals surface area contributed by atoms with Gasteiger partial charge in [0, 0.05) is 35.4 Å². The number of hydrogen-bond donors (Lipinski definition) is 2. The molecule has 26 heavy (non-hydrogen) atoms. The van der Waals surface area contributed by atoms with Gasteiger partial charge in [0.25, 0.3) is 5.91 Å². The SMILES string of the molecule is O=C(COc1ccc2[nH]ccc2c1)NCc1cnn(-c2ccccc2)c1. The molecule has 0 bridgehead atoms. The molecule has 2 aromatic heterocycles. The van der Waals surface area contributed by atoms with Gasteiger partial charge >= 0.3 is 0 Å². The fraction of sp³-hybridized carbons (Fsp3) is 0.100. The standard InChI is InChI=1S/C20H18N4O2/c25-20(14-26-18-6-7-19-16(10-18)8-9-21-19)22-11-15-12-23-24(13-15)17-4-2-1-3-5-17/h1-10,12-13,21H,11,14H2,(H,22,25). The minimum atomic E-state index is -0.174. The largest absolute Gasteiger partial charge is 0.484 e. The van der Waals surface area contributed by atoms with E-state index in [1.54, 1.807) is 10.9 Å². The Labute approximate surface area is 150 Å². The lowest BCUT2D eigenvalue weighted by atomic mass is 10.2. The number of aromatic nitrogens is 3. The first-order chi connectivity index (χ1) is 12.8. The summed E-state index contributed by atoms with van der Waals surface area (Å²) in [4.78, 5) is 15.1. The maximum atomic E-state index is 12.0. The van der Waals surface area contributed by atoms with E-state index in [1.807, 2.05) is 67.0 Å². The molecule has 0 radical (unpaired) electrons. The molecule has 2 aromatic carbocycles. The maximum absolute atomic E-state index is 12.0. The van der Waals surface area contributed by atoms with Crippen LogP contribution in [0.3, 0.4) is 0 Å². The molecule has 0 spiro atoms. The molecule has 4 aromatic rings. The maximum Gasteiger partial charge on any atom is 0.258 e. The summed E-state index contributed by atoms with van der Waals surface area (Å²) >= 11 is 0. The van der Waals surface area contributed by atoms with Crippen LogP contribution in [0.25, 0.3) is 16.6 Å². The van der Waals surface area contributed by atoms with Crippen LogP contribution in [-0.4, -0.2) is 27.3 Å². The van der Waals surface area contributed by atoms with Crippen LogP contribution in [0.1, 0.15) is 5.56 Å². The quantitative estimate of drug-likeness (QED) is 0.564.